The predicted octanol–water partition coefficient (Wildman–Crippen LogP) is 3.41. The highest BCUT2D eigenvalue weighted by Gasteiger charge is 2.62. The Kier molecular flexibility index (Phi) is 9.10. The molecule has 3 amide bonds. The molecule has 1 aromatic carbocycles. The van der Waals surface area contributed by atoms with E-state index in [-0.39, 0.29) is 44.2 Å². The number of esters is 1. The number of pyridine rings is 1. The highest BCUT2D eigenvalue weighted by Crippen LogP contribution is 2.45. The van der Waals surface area contributed by atoms with Gasteiger partial charge in [-0.1, -0.05) is 44.2 Å². The Morgan fingerprint density at radius 2 is 1.94 bits per heavy atom. The van der Waals surface area contributed by atoms with E-state index in [1.807, 2.05) is 44.2 Å². The summed E-state index contributed by atoms with van der Waals surface area (Å²) in [6.07, 6.45) is 9.05. The number of aromatic nitrogens is 1. The van der Waals surface area contributed by atoms with Gasteiger partial charge < -0.3 is 19.7 Å². The van der Waals surface area contributed by atoms with E-state index in [4.69, 9.17) is 9.47 Å². The van der Waals surface area contributed by atoms with Crippen molar-refractivity contribution in [2.45, 2.75) is 88.1 Å². The normalized spacial score (nSPS) is 28.3. The van der Waals surface area contributed by atoms with Crippen LogP contribution >= 0.6 is 0 Å². The molecule has 256 valence electrons. The number of rotatable bonds is 6. The third kappa shape index (κ3) is 7.25. The molecule has 2 saturated carbocycles. The van der Waals surface area contributed by atoms with E-state index in [2.05, 4.69) is 27.7 Å². The first-order chi connectivity index (χ1) is 22.8. The van der Waals surface area contributed by atoms with Crippen LogP contribution < -0.4 is 14.8 Å². The van der Waals surface area contributed by atoms with Gasteiger partial charge in [-0.05, 0) is 60.6 Å². The molecule has 2 aliphatic carbocycles. The third-order valence-corrected chi connectivity index (χ3v) is 11.5. The average molecular weight is 679 g/mol. The van der Waals surface area contributed by atoms with Crippen LogP contribution in [0.15, 0.2) is 49.2 Å². The van der Waals surface area contributed by atoms with Crippen LogP contribution in [0.3, 0.4) is 0 Å². The number of allylic oxidation sites excluding steroid dienone is 1. The molecule has 0 radical (unpaired) electrons. The van der Waals surface area contributed by atoms with Gasteiger partial charge in [0.2, 0.25) is 27.7 Å². The van der Waals surface area contributed by atoms with E-state index in [0.29, 0.717) is 18.7 Å². The molecule has 1 saturated heterocycles. The summed E-state index contributed by atoms with van der Waals surface area (Å²) < 4.78 is 39.2. The minimum atomic E-state index is -3.86. The maximum Gasteiger partial charge on any atom is 0.306 e. The fourth-order valence-electron chi connectivity index (χ4n) is 6.41. The molecular formula is C35H42N4O8S. The summed E-state index contributed by atoms with van der Waals surface area (Å²) in [6.45, 7) is 8.03. The van der Waals surface area contributed by atoms with Crippen molar-refractivity contribution in [1.82, 2.24) is 19.9 Å². The summed E-state index contributed by atoms with van der Waals surface area (Å²) in [6, 6.07) is 6.80. The molecule has 3 heterocycles. The monoisotopic (exact) mass is 678 g/mol. The Bertz CT molecular complexity index is 1790. The Morgan fingerprint density at radius 3 is 2.67 bits per heavy atom. The summed E-state index contributed by atoms with van der Waals surface area (Å²) in [7, 11) is -3.86. The lowest BCUT2D eigenvalue weighted by atomic mass is 9.88. The van der Waals surface area contributed by atoms with Crippen LogP contribution in [-0.4, -0.2) is 78.1 Å². The van der Waals surface area contributed by atoms with E-state index >= 15 is 0 Å². The molecule has 13 heteroatoms. The number of cyclic esters (lactones) is 1. The Labute approximate surface area is 280 Å². The summed E-state index contributed by atoms with van der Waals surface area (Å²) >= 11 is 0. The van der Waals surface area contributed by atoms with Crippen molar-refractivity contribution in [2.75, 3.05) is 13.2 Å². The molecule has 4 bridgehead atoms. The van der Waals surface area contributed by atoms with E-state index in [1.54, 1.807) is 6.20 Å². The van der Waals surface area contributed by atoms with Gasteiger partial charge in [-0.15, -0.1) is 6.58 Å². The van der Waals surface area contributed by atoms with Crippen LogP contribution in [0.25, 0.3) is 16.8 Å². The van der Waals surface area contributed by atoms with Crippen molar-refractivity contribution < 1.29 is 37.1 Å². The quantitative estimate of drug-likeness (QED) is 0.345. The minimum Gasteiger partial charge on any atom is -0.472 e. The molecular weight excluding hydrogens is 636 g/mol. The molecule has 0 spiro atoms. The maximum absolute atomic E-state index is 13.9. The maximum atomic E-state index is 13.9. The lowest BCUT2D eigenvalue weighted by Gasteiger charge is -2.26. The van der Waals surface area contributed by atoms with Crippen LogP contribution in [0.1, 0.15) is 70.8 Å². The fraction of sp³-hybridized carbons (Fsp3) is 0.514. The molecule has 2 aliphatic heterocycles. The summed E-state index contributed by atoms with van der Waals surface area (Å²) in [5, 5.41) is 3.85. The molecule has 6 rings (SSSR count). The van der Waals surface area contributed by atoms with E-state index < -0.39 is 62.6 Å². The van der Waals surface area contributed by atoms with Gasteiger partial charge in [-0.2, -0.15) is 0 Å². The zero-order valence-electron chi connectivity index (χ0n) is 27.3. The van der Waals surface area contributed by atoms with Gasteiger partial charge >= 0.3 is 5.97 Å². The smallest absolute Gasteiger partial charge is 0.306 e. The van der Waals surface area contributed by atoms with Gasteiger partial charge in [-0.3, -0.25) is 23.9 Å². The molecule has 2 aromatic rings. The highest BCUT2D eigenvalue weighted by atomic mass is 32.2. The fourth-order valence-corrected chi connectivity index (χ4v) is 7.77. The predicted molar refractivity (Wildman–Crippen MR) is 178 cm³/mol. The van der Waals surface area contributed by atoms with Gasteiger partial charge in [0.1, 0.15) is 17.7 Å². The van der Waals surface area contributed by atoms with Crippen molar-refractivity contribution in [3.63, 3.8) is 0 Å². The number of nitrogens with one attached hydrogen (secondary N) is 2. The van der Waals surface area contributed by atoms with Crippen molar-refractivity contribution in [2.24, 2.45) is 11.3 Å². The molecule has 4 atom stereocenters. The number of amides is 3. The van der Waals surface area contributed by atoms with Crippen LogP contribution in [0.4, 0.5) is 0 Å². The van der Waals surface area contributed by atoms with Crippen molar-refractivity contribution in [3.8, 4) is 5.88 Å². The number of fused-ring (bicyclic) bond motifs is 3. The van der Waals surface area contributed by atoms with Gasteiger partial charge in [0.25, 0.3) is 5.91 Å². The van der Waals surface area contributed by atoms with Gasteiger partial charge in [-0.25, -0.2) is 13.4 Å². The van der Waals surface area contributed by atoms with Gasteiger partial charge in [0.05, 0.1) is 24.8 Å². The molecule has 48 heavy (non-hydrogen) atoms. The summed E-state index contributed by atoms with van der Waals surface area (Å²) in [5.74, 6) is -2.52. The van der Waals surface area contributed by atoms with Crippen molar-refractivity contribution >= 4 is 50.6 Å². The van der Waals surface area contributed by atoms with Crippen molar-refractivity contribution in [3.05, 3.63) is 54.8 Å². The largest absolute Gasteiger partial charge is 0.472 e. The first-order valence-electron chi connectivity index (χ1n) is 16.5. The van der Waals surface area contributed by atoms with E-state index in [0.717, 1.165) is 29.2 Å². The minimum absolute atomic E-state index is 0.0385. The number of nitrogens with zero attached hydrogens (tertiary/aromatic N) is 2. The number of ether oxygens (including phenoxy) is 2. The Hall–Kier alpha value is -4.26. The SMILES string of the molecule is C=C[C@@H]1C[C@]1(NC(=O)[C@@H]1C[C@@H]2CN1C(=O)CCC(=O)OCC(C)(C)CC/C=C/c1ccc3ccnc(c3c1)O2)C(=O)NS(=O)(=O)C1CC1. The number of hydrogen-bond donors (Lipinski definition) is 2. The van der Waals surface area contributed by atoms with Crippen LogP contribution in [0, 0.1) is 11.3 Å². The second-order valence-electron chi connectivity index (χ2n) is 14.1. The number of benzene rings is 1. The molecule has 2 N–H and O–H groups in total. The topological polar surface area (TPSA) is 161 Å². The van der Waals surface area contributed by atoms with Gasteiger partial charge in [0.15, 0.2) is 0 Å². The first-order valence-corrected chi connectivity index (χ1v) is 18.0. The Balaban J connectivity index is 1.27. The highest BCUT2D eigenvalue weighted by molar-refractivity contribution is 7.91. The number of sulfonamides is 1. The number of hydrogen-bond acceptors (Lipinski definition) is 9. The lowest BCUT2D eigenvalue weighted by Crippen LogP contribution is -2.56. The first kappa shape index (κ1) is 33.6. The van der Waals surface area contributed by atoms with Gasteiger partial charge in [0, 0.05) is 30.3 Å². The lowest BCUT2D eigenvalue weighted by molar-refractivity contribution is -0.149. The van der Waals surface area contributed by atoms with Crippen LogP contribution in [0.2, 0.25) is 0 Å². The van der Waals surface area contributed by atoms with Crippen LogP contribution in [-0.2, 0) is 33.9 Å². The number of carbonyl (C=O) groups is 4. The second kappa shape index (κ2) is 13.0. The van der Waals surface area contributed by atoms with E-state index in [9.17, 15) is 27.6 Å². The second-order valence-corrected chi connectivity index (χ2v) is 16.0. The average Bonchev–Trinajstić information content (AvgIpc) is 3.97. The van der Waals surface area contributed by atoms with Crippen molar-refractivity contribution in [1.29, 1.82) is 0 Å². The Morgan fingerprint density at radius 1 is 1.15 bits per heavy atom. The molecule has 3 fully saturated rings. The van der Waals surface area contributed by atoms with E-state index in [1.165, 1.54) is 11.0 Å². The van der Waals surface area contributed by atoms with Crippen LogP contribution in [0.5, 0.6) is 5.88 Å². The molecule has 4 aliphatic rings. The molecule has 1 aromatic heterocycles. The summed E-state index contributed by atoms with van der Waals surface area (Å²) in [4.78, 5) is 59.4. The zero-order chi connectivity index (χ0) is 34.3. The molecule has 12 nitrogen and oxygen atoms in total. The zero-order valence-corrected chi connectivity index (χ0v) is 28.1. The summed E-state index contributed by atoms with van der Waals surface area (Å²) in [5.41, 5.74) is -0.827. The standard InChI is InChI=1S/C35H42N4O8S/c1-4-24-19-35(24,33(43)38-48(44,45)26-10-11-26)37-31(42)28-18-25-20-39(28)29(40)12-13-30(41)46-21-34(2,3)15-6-5-7-22-8-9-23-14-16-36-32(47-25)27(23)17-22/h4-5,7-9,14,16-17,24-26,28H,1,6,10-13,15,18-21H2,2-3H3,(H,37,42)(H,38,43)/b7-5+/t24-,25-,28+,35-/m1/s1. The third-order valence-electron chi connectivity index (χ3n) is 9.63. The number of carbonyl (C=O) groups excluding carboxylic acids is 4. The molecule has 0 unspecified atom stereocenters.